The molecule has 1 aliphatic rings. The first-order valence-electron chi connectivity index (χ1n) is 6.14. The zero-order valence-corrected chi connectivity index (χ0v) is 10.9. The molecule has 2 aromatic rings. The lowest BCUT2D eigenvalue weighted by Gasteiger charge is -2.29. The Kier molecular flexibility index (Phi) is 3.40. The third-order valence-electron chi connectivity index (χ3n) is 3.15. The van der Waals surface area contributed by atoms with Gasteiger partial charge in [-0.15, -0.1) is 0 Å². The van der Waals surface area contributed by atoms with E-state index in [4.69, 9.17) is 10.3 Å². The van der Waals surface area contributed by atoms with Gasteiger partial charge in [0.15, 0.2) is 0 Å². The molecule has 3 rings (SSSR count). The summed E-state index contributed by atoms with van der Waals surface area (Å²) in [6.45, 7) is 2.67. The Morgan fingerprint density at radius 1 is 1.56 bits per heavy atom. The van der Waals surface area contributed by atoms with Crippen molar-refractivity contribution < 1.29 is 4.52 Å². The quantitative estimate of drug-likeness (QED) is 0.914. The number of hydrogen-bond donors (Lipinski definition) is 1. The second kappa shape index (κ2) is 5.17. The minimum absolute atomic E-state index is 0.276. The smallest absolute Gasteiger partial charge is 0.241 e. The zero-order valence-electron chi connectivity index (χ0n) is 10.1. The lowest BCUT2D eigenvalue weighted by atomic mass is 10.1. The van der Waals surface area contributed by atoms with Crippen LogP contribution in [0.2, 0.25) is 0 Å². The molecule has 6 heteroatoms. The highest BCUT2D eigenvalue weighted by Crippen LogP contribution is 2.19. The molecule has 1 saturated heterocycles. The highest BCUT2D eigenvalue weighted by Gasteiger charge is 2.19. The second-order valence-electron chi connectivity index (χ2n) is 4.66. The van der Waals surface area contributed by atoms with E-state index in [0.717, 1.165) is 31.5 Å². The molecule has 2 aromatic heterocycles. The molecule has 0 aliphatic carbocycles. The Labute approximate surface area is 110 Å². The highest BCUT2D eigenvalue weighted by molar-refractivity contribution is 7.08. The van der Waals surface area contributed by atoms with E-state index in [1.807, 2.05) is 16.8 Å². The van der Waals surface area contributed by atoms with Crippen molar-refractivity contribution in [2.24, 2.45) is 5.73 Å². The van der Waals surface area contributed by atoms with Gasteiger partial charge in [-0.2, -0.15) is 16.3 Å². The number of aromatic nitrogens is 2. The maximum atomic E-state index is 5.95. The monoisotopic (exact) mass is 264 g/mol. The third kappa shape index (κ3) is 2.60. The summed E-state index contributed by atoms with van der Waals surface area (Å²) in [6.07, 6.45) is 2.26. The Balaban J connectivity index is 1.66. The summed E-state index contributed by atoms with van der Waals surface area (Å²) in [7, 11) is 0. The average Bonchev–Trinajstić information content (AvgIpc) is 2.98. The van der Waals surface area contributed by atoms with E-state index in [2.05, 4.69) is 15.0 Å². The molecule has 0 aromatic carbocycles. The van der Waals surface area contributed by atoms with Crippen molar-refractivity contribution in [1.82, 2.24) is 15.0 Å². The lowest BCUT2D eigenvalue weighted by molar-refractivity contribution is 0.178. The Bertz CT molecular complexity index is 496. The van der Waals surface area contributed by atoms with Crippen molar-refractivity contribution in [2.45, 2.75) is 25.4 Å². The molecule has 3 heterocycles. The lowest BCUT2D eigenvalue weighted by Crippen LogP contribution is -2.42. The van der Waals surface area contributed by atoms with Gasteiger partial charge in [0.05, 0.1) is 6.54 Å². The molecular formula is C12H16N4OS. The van der Waals surface area contributed by atoms with Crippen molar-refractivity contribution in [2.75, 3.05) is 13.1 Å². The van der Waals surface area contributed by atoms with Gasteiger partial charge in [0.1, 0.15) is 0 Å². The van der Waals surface area contributed by atoms with Crippen LogP contribution in [0.4, 0.5) is 0 Å². The van der Waals surface area contributed by atoms with Crippen molar-refractivity contribution in [3.63, 3.8) is 0 Å². The molecule has 18 heavy (non-hydrogen) atoms. The summed E-state index contributed by atoms with van der Waals surface area (Å²) in [6, 6.07) is 2.27. The van der Waals surface area contributed by atoms with Gasteiger partial charge >= 0.3 is 0 Å². The molecule has 1 fully saturated rings. The summed E-state index contributed by atoms with van der Waals surface area (Å²) < 4.78 is 5.29. The summed E-state index contributed by atoms with van der Waals surface area (Å²) in [5.41, 5.74) is 6.97. The van der Waals surface area contributed by atoms with Gasteiger partial charge in [0.25, 0.3) is 0 Å². The van der Waals surface area contributed by atoms with Gasteiger partial charge in [-0.3, -0.25) is 4.90 Å². The molecule has 1 aliphatic heterocycles. The van der Waals surface area contributed by atoms with E-state index in [0.29, 0.717) is 18.3 Å². The maximum absolute atomic E-state index is 5.95. The first-order valence-corrected chi connectivity index (χ1v) is 7.08. The van der Waals surface area contributed by atoms with E-state index in [1.54, 1.807) is 11.3 Å². The van der Waals surface area contributed by atoms with Crippen LogP contribution >= 0.6 is 11.3 Å². The molecule has 2 N–H and O–H groups in total. The number of thiophene rings is 1. The number of piperidine rings is 1. The van der Waals surface area contributed by atoms with E-state index in [9.17, 15) is 0 Å². The standard InChI is InChI=1S/C12H16N4OS/c13-10-2-1-4-16(6-10)7-11-14-12(15-17-11)9-3-5-18-8-9/h3,5,8,10H,1-2,4,6-7,13H2. The van der Waals surface area contributed by atoms with Crippen LogP contribution in [-0.2, 0) is 6.54 Å². The van der Waals surface area contributed by atoms with Crippen molar-refractivity contribution >= 4 is 11.3 Å². The fourth-order valence-electron chi connectivity index (χ4n) is 2.25. The van der Waals surface area contributed by atoms with E-state index >= 15 is 0 Å². The van der Waals surface area contributed by atoms with Crippen LogP contribution in [0.15, 0.2) is 21.3 Å². The SMILES string of the molecule is NC1CCCN(Cc2nc(-c3ccsc3)no2)C1. The van der Waals surface area contributed by atoms with E-state index < -0.39 is 0 Å². The van der Waals surface area contributed by atoms with Crippen molar-refractivity contribution in [1.29, 1.82) is 0 Å². The molecule has 1 unspecified atom stereocenters. The normalized spacial score (nSPS) is 21.3. The molecule has 0 bridgehead atoms. The number of nitrogens with zero attached hydrogens (tertiary/aromatic N) is 3. The van der Waals surface area contributed by atoms with E-state index in [-0.39, 0.29) is 6.04 Å². The molecule has 0 spiro atoms. The molecule has 5 nitrogen and oxygen atoms in total. The van der Waals surface area contributed by atoms with Crippen LogP contribution in [0, 0.1) is 0 Å². The summed E-state index contributed by atoms with van der Waals surface area (Å²) >= 11 is 1.63. The van der Waals surface area contributed by atoms with Crippen LogP contribution in [0.5, 0.6) is 0 Å². The number of hydrogen-bond acceptors (Lipinski definition) is 6. The molecule has 1 atom stereocenters. The molecule has 0 saturated carbocycles. The van der Waals surface area contributed by atoms with Gasteiger partial charge in [-0.25, -0.2) is 0 Å². The summed E-state index contributed by atoms with van der Waals surface area (Å²) in [5.74, 6) is 1.35. The average molecular weight is 264 g/mol. The van der Waals surface area contributed by atoms with Crippen LogP contribution in [-0.4, -0.2) is 34.2 Å². The summed E-state index contributed by atoms with van der Waals surface area (Å²) in [5, 5.41) is 8.03. The zero-order chi connectivity index (χ0) is 12.4. The Morgan fingerprint density at radius 3 is 3.28 bits per heavy atom. The Hall–Kier alpha value is -1.24. The van der Waals surface area contributed by atoms with Gasteiger partial charge in [0, 0.05) is 23.5 Å². The minimum Gasteiger partial charge on any atom is -0.338 e. The fourth-order valence-corrected chi connectivity index (χ4v) is 2.89. The molecular weight excluding hydrogens is 248 g/mol. The molecule has 0 amide bonds. The first-order chi connectivity index (χ1) is 8.81. The second-order valence-corrected chi connectivity index (χ2v) is 5.44. The maximum Gasteiger partial charge on any atom is 0.241 e. The van der Waals surface area contributed by atoms with Crippen LogP contribution in [0.25, 0.3) is 11.4 Å². The number of nitrogens with two attached hydrogens (primary N) is 1. The van der Waals surface area contributed by atoms with Crippen LogP contribution < -0.4 is 5.73 Å². The third-order valence-corrected chi connectivity index (χ3v) is 3.83. The number of likely N-dealkylation sites (tertiary alicyclic amines) is 1. The first kappa shape index (κ1) is 11.8. The predicted molar refractivity (Wildman–Crippen MR) is 70.1 cm³/mol. The molecule has 0 radical (unpaired) electrons. The predicted octanol–water partition coefficient (Wildman–Crippen LogP) is 1.72. The van der Waals surface area contributed by atoms with Gasteiger partial charge in [-0.1, -0.05) is 5.16 Å². The number of rotatable bonds is 3. The topological polar surface area (TPSA) is 68.2 Å². The van der Waals surface area contributed by atoms with E-state index in [1.165, 1.54) is 0 Å². The van der Waals surface area contributed by atoms with Gasteiger partial charge in [0.2, 0.25) is 11.7 Å². The van der Waals surface area contributed by atoms with Crippen molar-refractivity contribution in [3.8, 4) is 11.4 Å². The van der Waals surface area contributed by atoms with Crippen molar-refractivity contribution in [3.05, 3.63) is 22.7 Å². The highest BCUT2D eigenvalue weighted by atomic mass is 32.1. The molecule has 96 valence electrons. The minimum atomic E-state index is 0.276. The summed E-state index contributed by atoms with van der Waals surface area (Å²) in [4.78, 5) is 6.70. The fraction of sp³-hybridized carbons (Fsp3) is 0.500. The van der Waals surface area contributed by atoms with Gasteiger partial charge in [-0.05, 0) is 30.8 Å². The largest absolute Gasteiger partial charge is 0.338 e. The van der Waals surface area contributed by atoms with Gasteiger partial charge < -0.3 is 10.3 Å². The van der Waals surface area contributed by atoms with Crippen LogP contribution in [0.3, 0.4) is 0 Å². The Morgan fingerprint density at radius 2 is 2.50 bits per heavy atom. The van der Waals surface area contributed by atoms with Crippen LogP contribution in [0.1, 0.15) is 18.7 Å².